The molecule has 0 spiro atoms. The Kier molecular flexibility index (Phi) is 13.6. The molecule has 1 heterocycles. The van der Waals surface area contributed by atoms with Crippen LogP contribution < -0.4 is 61.2 Å². The van der Waals surface area contributed by atoms with Gasteiger partial charge in [0.2, 0.25) is 6.16 Å². The zero-order valence-electron chi connectivity index (χ0n) is 8.22. The van der Waals surface area contributed by atoms with Crippen LogP contribution in [0.3, 0.4) is 0 Å². The molecule has 0 aliphatic heterocycles. The zero-order chi connectivity index (χ0) is 10.8. The standard InChI is InChI=1S/C7H8FNO.CH2O3.K/c8-3-5-10-7-2-1-4-9-6-7;2-1(3)4;/h1-2,4,6H,3,5H2;(H2,2,3,4);/q;;+1/p-1. The van der Waals surface area contributed by atoms with Gasteiger partial charge in [0.25, 0.3) is 0 Å². The van der Waals surface area contributed by atoms with Crippen LogP contribution >= 0.6 is 0 Å². The molecule has 0 atom stereocenters. The molecule has 1 aromatic heterocycles. The zero-order valence-corrected chi connectivity index (χ0v) is 11.3. The van der Waals surface area contributed by atoms with E-state index < -0.39 is 12.8 Å². The normalized spacial score (nSPS) is 7.80. The number of hydrogen-bond acceptors (Lipinski definition) is 4. The minimum Gasteiger partial charge on any atom is -0.565 e. The SMILES string of the molecule is FCCOc1cccnc1.O=C([O-])O.[K+]. The molecule has 0 saturated carbocycles. The maximum absolute atomic E-state index is 11.5. The fourth-order valence-corrected chi connectivity index (χ4v) is 0.589. The summed E-state index contributed by atoms with van der Waals surface area (Å²) in [6.07, 6.45) is 1.11. The number of rotatable bonds is 3. The average molecular weight is 241 g/mol. The van der Waals surface area contributed by atoms with Gasteiger partial charge >= 0.3 is 51.4 Å². The summed E-state index contributed by atoms with van der Waals surface area (Å²) >= 11 is 0. The van der Waals surface area contributed by atoms with Gasteiger partial charge in [-0.15, -0.1) is 0 Å². The minimum atomic E-state index is -2.08. The first kappa shape index (κ1) is 17.2. The number of hydrogen-bond donors (Lipinski definition) is 1. The first-order valence-corrected chi connectivity index (χ1v) is 3.65. The first-order valence-electron chi connectivity index (χ1n) is 3.65. The number of aromatic nitrogens is 1. The fourth-order valence-electron chi connectivity index (χ4n) is 0.589. The van der Waals surface area contributed by atoms with Crippen molar-refractivity contribution in [2.45, 2.75) is 0 Å². The molecule has 15 heavy (non-hydrogen) atoms. The van der Waals surface area contributed by atoms with Crippen LogP contribution in [0.25, 0.3) is 0 Å². The van der Waals surface area contributed by atoms with Gasteiger partial charge in [-0.1, -0.05) is 0 Å². The summed E-state index contributed by atoms with van der Waals surface area (Å²) in [7, 11) is 0. The van der Waals surface area contributed by atoms with Crippen molar-refractivity contribution in [1.29, 1.82) is 0 Å². The van der Waals surface area contributed by atoms with Gasteiger partial charge in [-0.3, -0.25) is 4.98 Å². The molecule has 0 aliphatic carbocycles. The molecule has 0 bridgehead atoms. The molecular weight excluding hydrogens is 232 g/mol. The minimum absolute atomic E-state index is 0. The van der Waals surface area contributed by atoms with E-state index in [2.05, 4.69) is 4.98 Å². The van der Waals surface area contributed by atoms with Crippen LogP contribution in [-0.4, -0.2) is 29.5 Å². The third kappa shape index (κ3) is 13.8. The van der Waals surface area contributed by atoms with Crippen molar-refractivity contribution in [3.63, 3.8) is 0 Å². The van der Waals surface area contributed by atoms with Gasteiger partial charge < -0.3 is 19.7 Å². The van der Waals surface area contributed by atoms with Crippen molar-refractivity contribution in [3.8, 4) is 5.75 Å². The van der Waals surface area contributed by atoms with E-state index in [4.69, 9.17) is 19.7 Å². The fraction of sp³-hybridized carbons (Fsp3) is 0.250. The van der Waals surface area contributed by atoms with E-state index in [1.165, 1.54) is 0 Å². The van der Waals surface area contributed by atoms with Crippen molar-refractivity contribution in [2.24, 2.45) is 0 Å². The number of carboxylic acid groups (broad SMARTS) is 2. The van der Waals surface area contributed by atoms with Crippen molar-refractivity contribution in [1.82, 2.24) is 4.98 Å². The first-order chi connectivity index (χ1) is 6.66. The molecule has 0 unspecified atom stereocenters. The maximum Gasteiger partial charge on any atom is 1.00 e. The summed E-state index contributed by atoms with van der Waals surface area (Å²) < 4.78 is 16.5. The summed E-state index contributed by atoms with van der Waals surface area (Å²) in [5, 5.41) is 15.3. The van der Waals surface area contributed by atoms with Crippen LogP contribution in [-0.2, 0) is 0 Å². The summed E-state index contributed by atoms with van der Waals surface area (Å²) in [5.41, 5.74) is 0. The Hall–Kier alpha value is -0.214. The summed E-state index contributed by atoms with van der Waals surface area (Å²) in [6, 6.07) is 3.48. The molecule has 0 fully saturated rings. The van der Waals surface area contributed by atoms with E-state index >= 15 is 0 Å². The third-order valence-corrected chi connectivity index (χ3v) is 0.980. The molecule has 0 radical (unpaired) electrons. The van der Waals surface area contributed by atoms with Gasteiger partial charge in [-0.05, 0) is 12.1 Å². The molecule has 78 valence electrons. The quantitative estimate of drug-likeness (QED) is 0.583. The molecule has 7 heteroatoms. The molecule has 1 aromatic rings. The topological polar surface area (TPSA) is 82.5 Å². The smallest absolute Gasteiger partial charge is 0.565 e. The molecule has 1 N–H and O–H groups in total. The van der Waals surface area contributed by atoms with Gasteiger partial charge in [0.05, 0.1) is 6.20 Å². The van der Waals surface area contributed by atoms with Crippen LogP contribution in [0, 0.1) is 0 Å². The number of halogens is 1. The van der Waals surface area contributed by atoms with Gasteiger partial charge in [-0.25, -0.2) is 4.39 Å². The van der Waals surface area contributed by atoms with E-state index in [9.17, 15) is 4.39 Å². The Balaban J connectivity index is 0. The van der Waals surface area contributed by atoms with E-state index in [1.807, 2.05) is 0 Å². The van der Waals surface area contributed by atoms with Crippen LogP contribution in [0.15, 0.2) is 24.5 Å². The predicted molar refractivity (Wildman–Crippen MR) is 43.7 cm³/mol. The van der Waals surface area contributed by atoms with E-state index in [1.54, 1.807) is 24.5 Å². The second-order valence-electron chi connectivity index (χ2n) is 1.99. The van der Waals surface area contributed by atoms with Gasteiger partial charge in [0, 0.05) is 6.20 Å². The Labute approximate surface area is 129 Å². The van der Waals surface area contributed by atoms with Crippen molar-refractivity contribution in [2.75, 3.05) is 13.3 Å². The predicted octanol–water partition coefficient (Wildman–Crippen LogP) is -2.68. The molecule has 0 saturated heterocycles. The Morgan fingerprint density at radius 1 is 1.67 bits per heavy atom. The van der Waals surface area contributed by atoms with Crippen molar-refractivity contribution >= 4 is 6.16 Å². The molecule has 1 rings (SSSR count). The van der Waals surface area contributed by atoms with Gasteiger partial charge in [0.15, 0.2) is 0 Å². The summed E-state index contributed by atoms with van der Waals surface area (Å²) in [5.74, 6) is 0.611. The number of carbonyl (C=O) groups is 1. The second-order valence-corrected chi connectivity index (χ2v) is 1.99. The van der Waals surface area contributed by atoms with Crippen LogP contribution in [0.5, 0.6) is 5.75 Å². The number of pyridine rings is 1. The monoisotopic (exact) mass is 241 g/mol. The van der Waals surface area contributed by atoms with E-state index in [-0.39, 0.29) is 58.0 Å². The van der Waals surface area contributed by atoms with E-state index in [0.717, 1.165) is 0 Å². The largest absolute Gasteiger partial charge is 1.00 e. The average Bonchev–Trinajstić information content (AvgIpc) is 2.15. The number of alkyl halides is 1. The Morgan fingerprint density at radius 3 is 2.67 bits per heavy atom. The number of nitrogens with zero attached hydrogens (tertiary/aromatic N) is 1. The van der Waals surface area contributed by atoms with Crippen LogP contribution in [0.4, 0.5) is 9.18 Å². The Morgan fingerprint density at radius 2 is 2.27 bits per heavy atom. The number of ether oxygens (including phenoxy) is 1. The molecular formula is C8H9FKNO4. The molecule has 0 aromatic carbocycles. The van der Waals surface area contributed by atoms with Crippen LogP contribution in [0.2, 0.25) is 0 Å². The maximum atomic E-state index is 11.5. The third-order valence-electron chi connectivity index (χ3n) is 0.980. The molecule has 5 nitrogen and oxygen atoms in total. The Bertz CT molecular complexity index is 256. The van der Waals surface area contributed by atoms with Crippen molar-refractivity contribution in [3.05, 3.63) is 24.5 Å². The molecule has 0 aliphatic rings. The van der Waals surface area contributed by atoms with Crippen LogP contribution in [0.1, 0.15) is 0 Å². The second kappa shape index (κ2) is 11.9. The van der Waals surface area contributed by atoms with Gasteiger partial charge in [-0.2, -0.15) is 0 Å². The molecule has 0 amide bonds. The summed E-state index contributed by atoms with van der Waals surface area (Å²) in [6.45, 7) is -0.361. The van der Waals surface area contributed by atoms with Gasteiger partial charge in [0.1, 0.15) is 19.0 Å². The summed E-state index contributed by atoms with van der Waals surface area (Å²) in [4.78, 5) is 12.2. The van der Waals surface area contributed by atoms with Crippen molar-refractivity contribution < 1.29 is 75.5 Å². The van der Waals surface area contributed by atoms with E-state index in [0.29, 0.717) is 5.75 Å².